The first-order valence-corrected chi connectivity index (χ1v) is 9.41. The summed E-state index contributed by atoms with van der Waals surface area (Å²) in [7, 11) is 1.86. The lowest BCUT2D eigenvalue weighted by Gasteiger charge is -2.37. The van der Waals surface area contributed by atoms with Crippen LogP contribution < -0.4 is 5.32 Å². The summed E-state index contributed by atoms with van der Waals surface area (Å²) in [5, 5.41) is 21.7. The number of rotatable bonds is 7. The minimum Gasteiger partial charge on any atom is -0.393 e. The van der Waals surface area contributed by atoms with Gasteiger partial charge in [-0.15, -0.1) is 0 Å². The van der Waals surface area contributed by atoms with Crippen molar-refractivity contribution in [3.63, 3.8) is 0 Å². The molecule has 1 fully saturated rings. The lowest BCUT2D eigenvalue weighted by atomic mass is 9.75. The van der Waals surface area contributed by atoms with Gasteiger partial charge in [-0.3, -0.25) is 14.2 Å². The molecule has 0 spiro atoms. The van der Waals surface area contributed by atoms with Crippen molar-refractivity contribution in [1.82, 2.24) is 24.9 Å². The molecule has 0 saturated heterocycles. The van der Waals surface area contributed by atoms with Crippen LogP contribution in [0.5, 0.6) is 0 Å². The van der Waals surface area contributed by atoms with Gasteiger partial charge < -0.3 is 10.4 Å². The van der Waals surface area contributed by atoms with Gasteiger partial charge in [-0.05, 0) is 44.1 Å². The summed E-state index contributed by atoms with van der Waals surface area (Å²) in [6, 6.07) is 1.75. The van der Waals surface area contributed by atoms with Crippen LogP contribution in [0.3, 0.4) is 0 Å². The summed E-state index contributed by atoms with van der Waals surface area (Å²) >= 11 is 0. The van der Waals surface area contributed by atoms with Gasteiger partial charge in [-0.25, -0.2) is 0 Å². The maximum atomic E-state index is 13.0. The predicted molar refractivity (Wildman–Crippen MR) is 98.6 cm³/mol. The van der Waals surface area contributed by atoms with Crippen molar-refractivity contribution in [3.05, 3.63) is 35.4 Å². The number of hydrogen-bond donors (Lipinski definition) is 2. The molecule has 26 heavy (non-hydrogen) atoms. The van der Waals surface area contributed by atoms with E-state index in [4.69, 9.17) is 0 Å². The average molecular weight is 359 g/mol. The van der Waals surface area contributed by atoms with E-state index in [1.165, 1.54) is 0 Å². The number of amides is 1. The van der Waals surface area contributed by atoms with E-state index in [0.717, 1.165) is 17.7 Å². The fraction of sp³-hybridized carbons (Fsp3) is 0.632. The zero-order valence-electron chi connectivity index (χ0n) is 16.0. The summed E-state index contributed by atoms with van der Waals surface area (Å²) in [4.78, 5) is 13.0. The van der Waals surface area contributed by atoms with E-state index in [-0.39, 0.29) is 24.0 Å². The molecule has 2 heterocycles. The monoisotopic (exact) mass is 359 g/mol. The zero-order chi connectivity index (χ0) is 18.8. The van der Waals surface area contributed by atoms with Crippen LogP contribution in [0.25, 0.3) is 0 Å². The Balaban J connectivity index is 1.80. The van der Waals surface area contributed by atoms with Crippen molar-refractivity contribution >= 4 is 5.91 Å². The molecule has 2 N–H and O–H groups in total. The van der Waals surface area contributed by atoms with Crippen LogP contribution in [0.2, 0.25) is 0 Å². The Morgan fingerprint density at radius 2 is 2.15 bits per heavy atom. The van der Waals surface area contributed by atoms with Gasteiger partial charge >= 0.3 is 0 Å². The van der Waals surface area contributed by atoms with Crippen molar-refractivity contribution in [2.75, 3.05) is 0 Å². The van der Waals surface area contributed by atoms with Crippen LogP contribution in [0.1, 0.15) is 61.4 Å². The fourth-order valence-electron chi connectivity index (χ4n) is 3.60. The second kappa shape index (κ2) is 7.61. The number of aryl methyl sites for hydroxylation is 2. The van der Waals surface area contributed by atoms with Crippen LogP contribution in [0.15, 0.2) is 18.5 Å². The summed E-state index contributed by atoms with van der Waals surface area (Å²) in [5.41, 5.74) is 2.52. The number of carbonyl (C=O) groups is 1. The van der Waals surface area contributed by atoms with Crippen molar-refractivity contribution < 1.29 is 9.90 Å². The molecule has 0 aliphatic heterocycles. The molecule has 0 radical (unpaired) electrons. The molecule has 1 saturated carbocycles. The van der Waals surface area contributed by atoms with E-state index >= 15 is 0 Å². The molecule has 0 aromatic carbocycles. The topological polar surface area (TPSA) is 85.0 Å². The third kappa shape index (κ3) is 3.98. The highest BCUT2D eigenvalue weighted by atomic mass is 16.3. The predicted octanol–water partition coefficient (Wildman–Crippen LogP) is 2.08. The van der Waals surface area contributed by atoms with Gasteiger partial charge in [0, 0.05) is 25.4 Å². The molecular formula is C19H29N5O2. The maximum absolute atomic E-state index is 13.0. The molecule has 1 aliphatic rings. The molecule has 3 rings (SSSR count). The molecule has 142 valence electrons. The van der Waals surface area contributed by atoms with E-state index in [1.807, 2.05) is 26.2 Å². The highest BCUT2D eigenvalue weighted by molar-refractivity contribution is 5.93. The summed E-state index contributed by atoms with van der Waals surface area (Å²) in [6.07, 6.45) is 5.70. The van der Waals surface area contributed by atoms with Crippen molar-refractivity contribution in [3.8, 4) is 0 Å². The number of nitrogens with zero attached hydrogens (tertiary/aromatic N) is 4. The van der Waals surface area contributed by atoms with Crippen LogP contribution in [0.4, 0.5) is 0 Å². The lowest BCUT2D eigenvalue weighted by Crippen LogP contribution is -2.41. The van der Waals surface area contributed by atoms with Gasteiger partial charge in [-0.1, -0.05) is 13.8 Å². The second-order valence-corrected chi connectivity index (χ2v) is 7.72. The standard InChI is InChI=1S/C19H29N5O2/c1-5-24-17(9-15(22-24)6-12(2)3)19(26)21-18(13-7-16(25)8-13)14-10-20-23(4)11-14/h9-13,16,18,25H,5-8H2,1-4H3,(H,21,26)/t13?,16?,18-/m1/s1. The van der Waals surface area contributed by atoms with Gasteiger partial charge in [0.15, 0.2) is 0 Å². The summed E-state index contributed by atoms with van der Waals surface area (Å²) in [6.45, 7) is 6.93. The maximum Gasteiger partial charge on any atom is 0.270 e. The van der Waals surface area contributed by atoms with Crippen LogP contribution in [-0.4, -0.2) is 36.7 Å². The van der Waals surface area contributed by atoms with E-state index in [9.17, 15) is 9.90 Å². The normalized spacial score (nSPS) is 20.8. The Bertz CT molecular complexity index is 758. The van der Waals surface area contributed by atoms with Gasteiger partial charge in [-0.2, -0.15) is 10.2 Å². The molecule has 2 aromatic rings. The number of aromatic nitrogens is 4. The average Bonchev–Trinajstić information content (AvgIpc) is 3.15. The van der Waals surface area contributed by atoms with Crippen LogP contribution in [0, 0.1) is 11.8 Å². The largest absolute Gasteiger partial charge is 0.393 e. The highest BCUT2D eigenvalue weighted by Crippen LogP contribution is 2.38. The SMILES string of the molecule is CCn1nc(CC(C)C)cc1C(=O)N[C@@H](c1cnn(C)c1)C1CC(O)C1. The first-order chi connectivity index (χ1) is 12.4. The molecule has 1 atom stereocenters. The quantitative estimate of drug-likeness (QED) is 0.793. The Morgan fingerprint density at radius 3 is 2.69 bits per heavy atom. The van der Waals surface area contributed by atoms with Crippen molar-refractivity contribution in [1.29, 1.82) is 0 Å². The fourth-order valence-corrected chi connectivity index (χ4v) is 3.60. The molecular weight excluding hydrogens is 330 g/mol. The molecule has 1 amide bonds. The van der Waals surface area contributed by atoms with Gasteiger partial charge in [0.1, 0.15) is 5.69 Å². The van der Waals surface area contributed by atoms with E-state index in [0.29, 0.717) is 31.0 Å². The number of aliphatic hydroxyl groups excluding tert-OH is 1. The van der Waals surface area contributed by atoms with Crippen LogP contribution >= 0.6 is 0 Å². The van der Waals surface area contributed by atoms with Crippen LogP contribution in [-0.2, 0) is 20.0 Å². The summed E-state index contributed by atoms with van der Waals surface area (Å²) < 4.78 is 3.50. The van der Waals surface area contributed by atoms with E-state index in [2.05, 4.69) is 29.4 Å². The minimum absolute atomic E-state index is 0.121. The Labute approximate surface area is 154 Å². The number of carbonyl (C=O) groups excluding carboxylic acids is 1. The minimum atomic E-state index is -0.269. The van der Waals surface area contributed by atoms with Gasteiger partial charge in [0.2, 0.25) is 0 Å². The Hall–Kier alpha value is -2.15. The van der Waals surface area contributed by atoms with Gasteiger partial charge in [0.05, 0.1) is 24.0 Å². The number of nitrogens with one attached hydrogen (secondary N) is 1. The second-order valence-electron chi connectivity index (χ2n) is 7.72. The zero-order valence-corrected chi connectivity index (χ0v) is 16.0. The first kappa shape index (κ1) is 18.6. The first-order valence-electron chi connectivity index (χ1n) is 9.41. The number of aliphatic hydroxyl groups is 1. The van der Waals surface area contributed by atoms with E-state index in [1.54, 1.807) is 15.6 Å². The van der Waals surface area contributed by atoms with E-state index < -0.39 is 0 Å². The lowest BCUT2D eigenvalue weighted by molar-refractivity contribution is 0.0234. The smallest absolute Gasteiger partial charge is 0.270 e. The molecule has 7 heteroatoms. The Kier molecular flexibility index (Phi) is 5.46. The third-order valence-corrected chi connectivity index (χ3v) is 4.97. The number of hydrogen-bond acceptors (Lipinski definition) is 4. The summed E-state index contributed by atoms with van der Waals surface area (Å²) in [5.74, 6) is 0.599. The third-order valence-electron chi connectivity index (χ3n) is 4.97. The highest BCUT2D eigenvalue weighted by Gasteiger charge is 2.36. The molecule has 0 unspecified atom stereocenters. The molecule has 7 nitrogen and oxygen atoms in total. The van der Waals surface area contributed by atoms with Crippen molar-refractivity contribution in [2.24, 2.45) is 18.9 Å². The Morgan fingerprint density at radius 1 is 1.42 bits per heavy atom. The van der Waals surface area contributed by atoms with Crippen molar-refractivity contribution in [2.45, 2.75) is 58.7 Å². The molecule has 1 aliphatic carbocycles. The molecule has 2 aromatic heterocycles. The molecule has 0 bridgehead atoms. The van der Waals surface area contributed by atoms with Gasteiger partial charge in [0.25, 0.3) is 5.91 Å².